The highest BCUT2D eigenvalue weighted by atomic mass is 16.5. The molecule has 2 fully saturated rings. The summed E-state index contributed by atoms with van der Waals surface area (Å²) in [5, 5.41) is 3.44. The number of esters is 1. The SMILES string of the molecule is CN=C(NCc1ccnc(N2CCCC2)c1)N1CCC(C(=O)OC)CC1. The number of carbonyl (C=O) groups is 1. The Balaban J connectivity index is 1.53. The van der Waals surface area contributed by atoms with Gasteiger partial charge in [-0.2, -0.15) is 0 Å². The molecule has 0 radical (unpaired) electrons. The topological polar surface area (TPSA) is 70.1 Å². The summed E-state index contributed by atoms with van der Waals surface area (Å²) in [5.41, 5.74) is 1.20. The number of carbonyl (C=O) groups excluding carboxylic acids is 1. The van der Waals surface area contributed by atoms with Crippen molar-refractivity contribution in [1.29, 1.82) is 0 Å². The number of guanidine groups is 1. The first-order valence-corrected chi connectivity index (χ1v) is 9.44. The van der Waals surface area contributed by atoms with E-state index in [1.807, 2.05) is 12.3 Å². The third-order valence-corrected chi connectivity index (χ3v) is 5.23. The fourth-order valence-electron chi connectivity index (χ4n) is 3.70. The second-order valence-corrected chi connectivity index (χ2v) is 6.90. The molecule has 0 unspecified atom stereocenters. The lowest BCUT2D eigenvalue weighted by Gasteiger charge is -2.33. The maximum absolute atomic E-state index is 11.7. The number of pyridine rings is 1. The lowest BCUT2D eigenvalue weighted by atomic mass is 9.97. The van der Waals surface area contributed by atoms with Crippen LogP contribution in [0.5, 0.6) is 0 Å². The molecular formula is C19H29N5O2. The second kappa shape index (κ2) is 8.87. The molecule has 0 saturated carbocycles. The maximum atomic E-state index is 11.7. The van der Waals surface area contributed by atoms with Crippen molar-refractivity contribution in [2.75, 3.05) is 45.2 Å². The van der Waals surface area contributed by atoms with E-state index >= 15 is 0 Å². The number of likely N-dealkylation sites (tertiary alicyclic amines) is 1. The first-order chi connectivity index (χ1) is 12.7. The number of aliphatic imine (C=N–C) groups is 1. The summed E-state index contributed by atoms with van der Waals surface area (Å²) in [4.78, 5) is 25.1. The monoisotopic (exact) mass is 359 g/mol. The zero-order valence-electron chi connectivity index (χ0n) is 15.8. The molecule has 7 heteroatoms. The number of nitrogens with one attached hydrogen (secondary N) is 1. The Bertz CT molecular complexity index is 635. The zero-order chi connectivity index (χ0) is 18.4. The molecule has 7 nitrogen and oxygen atoms in total. The Morgan fingerprint density at radius 2 is 2.04 bits per heavy atom. The van der Waals surface area contributed by atoms with Crippen LogP contribution in [0, 0.1) is 5.92 Å². The molecule has 26 heavy (non-hydrogen) atoms. The van der Waals surface area contributed by atoms with Gasteiger partial charge in [0.2, 0.25) is 0 Å². The molecule has 0 bridgehead atoms. The summed E-state index contributed by atoms with van der Waals surface area (Å²) in [5.74, 6) is 1.86. The molecule has 0 spiro atoms. The molecular weight excluding hydrogens is 330 g/mol. The lowest BCUT2D eigenvalue weighted by Crippen LogP contribution is -2.46. The Hall–Kier alpha value is -2.31. The molecule has 3 heterocycles. The van der Waals surface area contributed by atoms with Crippen molar-refractivity contribution < 1.29 is 9.53 Å². The molecule has 2 aliphatic heterocycles. The second-order valence-electron chi connectivity index (χ2n) is 6.90. The van der Waals surface area contributed by atoms with Gasteiger partial charge < -0.3 is 19.9 Å². The van der Waals surface area contributed by atoms with Gasteiger partial charge in [0.05, 0.1) is 13.0 Å². The van der Waals surface area contributed by atoms with E-state index in [-0.39, 0.29) is 11.9 Å². The number of piperidine rings is 1. The van der Waals surface area contributed by atoms with Gasteiger partial charge in [0.25, 0.3) is 0 Å². The number of aromatic nitrogens is 1. The summed E-state index contributed by atoms with van der Waals surface area (Å²) < 4.78 is 4.86. The third kappa shape index (κ3) is 4.45. The normalized spacial score (nSPS) is 18.9. The maximum Gasteiger partial charge on any atom is 0.308 e. The van der Waals surface area contributed by atoms with Gasteiger partial charge in [0.15, 0.2) is 5.96 Å². The molecule has 1 N–H and O–H groups in total. The number of nitrogens with zero attached hydrogens (tertiary/aromatic N) is 4. The fourth-order valence-corrected chi connectivity index (χ4v) is 3.70. The van der Waals surface area contributed by atoms with Crippen molar-refractivity contribution in [3.63, 3.8) is 0 Å². The number of rotatable bonds is 4. The highest BCUT2D eigenvalue weighted by molar-refractivity contribution is 5.80. The molecule has 1 aromatic rings. The van der Waals surface area contributed by atoms with Crippen LogP contribution >= 0.6 is 0 Å². The predicted octanol–water partition coefficient (Wildman–Crippen LogP) is 1.64. The minimum absolute atomic E-state index is 0.0116. The number of methoxy groups -OCH3 is 1. The molecule has 2 aliphatic rings. The quantitative estimate of drug-likeness (QED) is 0.501. The van der Waals surface area contributed by atoms with E-state index in [0.717, 1.165) is 50.8 Å². The van der Waals surface area contributed by atoms with Gasteiger partial charge in [-0.25, -0.2) is 4.98 Å². The molecule has 0 aliphatic carbocycles. The molecule has 0 amide bonds. The number of ether oxygens (including phenoxy) is 1. The van der Waals surface area contributed by atoms with Gasteiger partial charge in [-0.1, -0.05) is 0 Å². The molecule has 0 aromatic carbocycles. The smallest absolute Gasteiger partial charge is 0.308 e. The third-order valence-electron chi connectivity index (χ3n) is 5.23. The summed E-state index contributed by atoms with van der Waals surface area (Å²) in [6, 6.07) is 4.21. The van der Waals surface area contributed by atoms with Crippen LogP contribution in [0.2, 0.25) is 0 Å². The van der Waals surface area contributed by atoms with E-state index in [0.29, 0.717) is 6.54 Å². The van der Waals surface area contributed by atoms with Crippen molar-refractivity contribution in [3.8, 4) is 0 Å². The Labute approximate surface area is 155 Å². The van der Waals surface area contributed by atoms with Gasteiger partial charge in [-0.05, 0) is 43.4 Å². The van der Waals surface area contributed by atoms with Crippen LogP contribution in [0.15, 0.2) is 23.3 Å². The average Bonchev–Trinajstić information content (AvgIpc) is 3.23. The van der Waals surface area contributed by atoms with Crippen LogP contribution < -0.4 is 10.2 Å². The zero-order valence-corrected chi connectivity index (χ0v) is 15.8. The van der Waals surface area contributed by atoms with Crippen LogP contribution in [0.1, 0.15) is 31.2 Å². The minimum atomic E-state index is -0.0983. The van der Waals surface area contributed by atoms with Crippen molar-refractivity contribution >= 4 is 17.7 Å². The van der Waals surface area contributed by atoms with Gasteiger partial charge in [0, 0.05) is 46.0 Å². The summed E-state index contributed by atoms with van der Waals surface area (Å²) in [6.07, 6.45) is 6.00. The number of hydrogen-bond acceptors (Lipinski definition) is 5. The number of hydrogen-bond donors (Lipinski definition) is 1. The van der Waals surface area contributed by atoms with Gasteiger partial charge >= 0.3 is 5.97 Å². The number of anilines is 1. The van der Waals surface area contributed by atoms with Gasteiger partial charge in [-0.15, -0.1) is 0 Å². The van der Waals surface area contributed by atoms with Crippen LogP contribution in [-0.4, -0.2) is 62.1 Å². The first-order valence-electron chi connectivity index (χ1n) is 9.44. The largest absolute Gasteiger partial charge is 0.469 e. The van der Waals surface area contributed by atoms with E-state index < -0.39 is 0 Å². The fraction of sp³-hybridized carbons (Fsp3) is 0.632. The molecule has 3 rings (SSSR count). The Kier molecular flexibility index (Phi) is 6.30. The van der Waals surface area contributed by atoms with Crippen molar-refractivity contribution in [3.05, 3.63) is 23.9 Å². The van der Waals surface area contributed by atoms with Crippen molar-refractivity contribution in [1.82, 2.24) is 15.2 Å². The van der Waals surface area contributed by atoms with Gasteiger partial charge in [0.1, 0.15) is 5.82 Å². The standard InChI is InChI=1S/C19H29N5O2/c1-20-19(24-11-6-16(7-12-24)18(25)26-2)22-14-15-5-8-21-17(13-15)23-9-3-4-10-23/h5,8,13,16H,3-4,6-7,9-12,14H2,1-2H3,(H,20,22). The van der Waals surface area contributed by atoms with E-state index in [1.165, 1.54) is 25.5 Å². The lowest BCUT2D eigenvalue weighted by molar-refractivity contribution is -0.146. The highest BCUT2D eigenvalue weighted by Crippen LogP contribution is 2.20. The predicted molar refractivity (Wildman–Crippen MR) is 102 cm³/mol. The highest BCUT2D eigenvalue weighted by Gasteiger charge is 2.26. The van der Waals surface area contributed by atoms with Crippen molar-refractivity contribution in [2.45, 2.75) is 32.2 Å². The van der Waals surface area contributed by atoms with Crippen LogP contribution in [0.25, 0.3) is 0 Å². The van der Waals surface area contributed by atoms with E-state index in [1.54, 1.807) is 7.05 Å². The van der Waals surface area contributed by atoms with Crippen molar-refractivity contribution in [2.24, 2.45) is 10.9 Å². The summed E-state index contributed by atoms with van der Waals surface area (Å²) >= 11 is 0. The van der Waals surface area contributed by atoms with Crippen LogP contribution in [0.3, 0.4) is 0 Å². The minimum Gasteiger partial charge on any atom is -0.469 e. The summed E-state index contributed by atoms with van der Waals surface area (Å²) in [7, 11) is 3.26. The first kappa shape index (κ1) is 18.5. The molecule has 142 valence electrons. The molecule has 0 atom stereocenters. The van der Waals surface area contributed by atoms with E-state index in [9.17, 15) is 4.79 Å². The average molecular weight is 359 g/mol. The Morgan fingerprint density at radius 3 is 2.69 bits per heavy atom. The van der Waals surface area contributed by atoms with Gasteiger partial charge in [-0.3, -0.25) is 9.79 Å². The Morgan fingerprint density at radius 1 is 1.31 bits per heavy atom. The molecule has 2 saturated heterocycles. The van der Waals surface area contributed by atoms with Crippen LogP contribution in [-0.2, 0) is 16.1 Å². The van der Waals surface area contributed by atoms with Crippen LogP contribution in [0.4, 0.5) is 5.82 Å². The summed E-state index contributed by atoms with van der Waals surface area (Å²) in [6.45, 7) is 4.54. The molecule has 1 aromatic heterocycles. The van der Waals surface area contributed by atoms with E-state index in [2.05, 4.69) is 31.2 Å². The van der Waals surface area contributed by atoms with E-state index in [4.69, 9.17) is 4.74 Å².